The lowest BCUT2D eigenvalue weighted by molar-refractivity contribution is -0.128. The molecule has 2 aliphatic rings. The molecule has 0 unspecified atom stereocenters. The third-order valence-corrected chi connectivity index (χ3v) is 5.56. The summed E-state index contributed by atoms with van der Waals surface area (Å²) < 4.78 is 1.89. The van der Waals surface area contributed by atoms with Gasteiger partial charge in [-0.05, 0) is 35.9 Å². The quantitative estimate of drug-likeness (QED) is 0.796. The molecular weight excluding hydrogens is 308 g/mol. The largest absolute Gasteiger partial charge is 0.338 e. The van der Waals surface area contributed by atoms with Crippen molar-refractivity contribution in [1.29, 1.82) is 0 Å². The van der Waals surface area contributed by atoms with Crippen LogP contribution in [-0.4, -0.2) is 28.5 Å². The van der Waals surface area contributed by atoms with Crippen molar-refractivity contribution in [3.05, 3.63) is 62.7 Å². The Morgan fingerprint density at radius 1 is 1.17 bits per heavy atom. The van der Waals surface area contributed by atoms with E-state index in [4.69, 9.17) is 0 Å². The lowest BCUT2D eigenvalue weighted by Gasteiger charge is -2.42. The Kier molecular flexibility index (Phi) is 3.65. The van der Waals surface area contributed by atoms with Crippen LogP contribution < -0.4 is 5.56 Å². The zero-order valence-electron chi connectivity index (χ0n) is 12.7. The minimum absolute atomic E-state index is 0.0693. The molecule has 5 heteroatoms. The number of amides is 1. The van der Waals surface area contributed by atoms with Gasteiger partial charge in [0.25, 0.3) is 5.56 Å². The Morgan fingerprint density at radius 3 is 2.91 bits per heavy atom. The van der Waals surface area contributed by atoms with Gasteiger partial charge in [0.15, 0.2) is 0 Å². The van der Waals surface area contributed by atoms with Crippen LogP contribution in [0, 0.1) is 5.92 Å². The monoisotopic (exact) mass is 326 g/mol. The van der Waals surface area contributed by atoms with Gasteiger partial charge in [0.1, 0.15) is 0 Å². The first-order chi connectivity index (χ1) is 11.2. The summed E-state index contributed by atoms with van der Waals surface area (Å²) in [4.78, 5) is 27.5. The standard InChI is InChI=1S/C18H18N2O2S/c21-17(7-6-15-3-2-8-23-15)19-10-13-9-14(12-19)16-4-1-5-18(22)20(16)11-13/h1-8,13-14H,9-12H2/b7-6+/t13-,14-/m1/s1. The van der Waals surface area contributed by atoms with Crippen molar-refractivity contribution in [3.8, 4) is 0 Å². The topological polar surface area (TPSA) is 42.3 Å². The van der Waals surface area contributed by atoms with Gasteiger partial charge < -0.3 is 9.47 Å². The zero-order valence-corrected chi connectivity index (χ0v) is 13.5. The number of carbonyl (C=O) groups excluding carboxylic acids is 1. The maximum atomic E-state index is 12.5. The van der Waals surface area contributed by atoms with Crippen LogP contribution >= 0.6 is 11.3 Å². The van der Waals surface area contributed by atoms with E-state index in [9.17, 15) is 9.59 Å². The van der Waals surface area contributed by atoms with E-state index in [0.717, 1.165) is 30.1 Å². The molecule has 1 fully saturated rings. The number of thiophene rings is 1. The normalized spacial score (nSPS) is 23.0. The molecule has 2 bridgehead atoms. The molecule has 2 aliphatic heterocycles. The molecule has 4 nitrogen and oxygen atoms in total. The minimum Gasteiger partial charge on any atom is -0.338 e. The van der Waals surface area contributed by atoms with Crippen LogP contribution in [0.1, 0.15) is 22.9 Å². The van der Waals surface area contributed by atoms with E-state index in [1.165, 1.54) is 0 Å². The van der Waals surface area contributed by atoms with Crippen LogP contribution in [0.3, 0.4) is 0 Å². The van der Waals surface area contributed by atoms with Gasteiger partial charge in [-0.1, -0.05) is 12.1 Å². The average Bonchev–Trinajstić information content (AvgIpc) is 3.07. The number of fused-ring (bicyclic) bond motifs is 4. The van der Waals surface area contributed by atoms with E-state index in [0.29, 0.717) is 12.5 Å². The summed E-state index contributed by atoms with van der Waals surface area (Å²) in [7, 11) is 0. The van der Waals surface area contributed by atoms with E-state index in [1.807, 2.05) is 45.2 Å². The minimum atomic E-state index is 0.0693. The summed E-state index contributed by atoms with van der Waals surface area (Å²) in [5.74, 6) is 0.718. The SMILES string of the molecule is O=C(/C=C/c1cccs1)N1C[C@H]2C[C@H](C1)c1cccc(=O)n1C2. The van der Waals surface area contributed by atoms with Crippen molar-refractivity contribution in [1.82, 2.24) is 9.47 Å². The maximum Gasteiger partial charge on any atom is 0.250 e. The fraction of sp³-hybridized carbons (Fsp3) is 0.333. The summed E-state index contributed by atoms with van der Waals surface area (Å²) in [5, 5.41) is 2.00. The smallest absolute Gasteiger partial charge is 0.250 e. The van der Waals surface area contributed by atoms with E-state index in [1.54, 1.807) is 23.5 Å². The molecule has 0 aromatic carbocycles. The summed E-state index contributed by atoms with van der Waals surface area (Å²) in [6.07, 6.45) is 4.63. The molecule has 0 spiro atoms. The highest BCUT2D eigenvalue weighted by atomic mass is 32.1. The Morgan fingerprint density at radius 2 is 2.09 bits per heavy atom. The number of likely N-dealkylation sites (tertiary alicyclic amines) is 1. The Balaban J connectivity index is 1.54. The first-order valence-corrected chi connectivity index (χ1v) is 8.79. The molecule has 118 valence electrons. The van der Waals surface area contributed by atoms with E-state index in [-0.39, 0.29) is 17.4 Å². The number of hydrogen-bond donors (Lipinski definition) is 0. The third-order valence-electron chi connectivity index (χ3n) is 4.72. The number of hydrogen-bond acceptors (Lipinski definition) is 3. The van der Waals surface area contributed by atoms with Crippen molar-refractivity contribution >= 4 is 23.3 Å². The van der Waals surface area contributed by atoms with Crippen molar-refractivity contribution in [2.24, 2.45) is 5.92 Å². The number of rotatable bonds is 2. The maximum absolute atomic E-state index is 12.5. The summed E-state index contributed by atoms with van der Waals surface area (Å²) in [5.41, 5.74) is 1.16. The van der Waals surface area contributed by atoms with Gasteiger partial charge in [-0.3, -0.25) is 9.59 Å². The second kappa shape index (κ2) is 5.81. The fourth-order valence-electron chi connectivity index (χ4n) is 3.72. The number of aromatic nitrogens is 1. The lowest BCUT2D eigenvalue weighted by Crippen LogP contribution is -2.48. The molecule has 23 heavy (non-hydrogen) atoms. The highest BCUT2D eigenvalue weighted by Gasteiger charge is 2.35. The fourth-order valence-corrected chi connectivity index (χ4v) is 4.34. The van der Waals surface area contributed by atoms with Crippen LogP contribution in [0.2, 0.25) is 0 Å². The molecule has 2 aromatic heterocycles. The zero-order chi connectivity index (χ0) is 15.8. The Bertz CT molecular complexity index is 807. The molecule has 1 amide bonds. The van der Waals surface area contributed by atoms with Crippen LogP contribution in [0.4, 0.5) is 0 Å². The van der Waals surface area contributed by atoms with Gasteiger partial charge in [0.2, 0.25) is 5.91 Å². The molecule has 2 aromatic rings. The third kappa shape index (κ3) is 2.77. The van der Waals surface area contributed by atoms with Crippen molar-refractivity contribution in [3.63, 3.8) is 0 Å². The van der Waals surface area contributed by atoms with Crippen LogP contribution in [-0.2, 0) is 11.3 Å². The predicted molar refractivity (Wildman–Crippen MR) is 91.5 cm³/mol. The number of piperidine rings is 1. The molecule has 0 saturated carbocycles. The van der Waals surface area contributed by atoms with Crippen LogP contribution in [0.5, 0.6) is 0 Å². The van der Waals surface area contributed by atoms with Gasteiger partial charge >= 0.3 is 0 Å². The van der Waals surface area contributed by atoms with Crippen molar-refractivity contribution < 1.29 is 4.79 Å². The molecule has 4 rings (SSSR count). The van der Waals surface area contributed by atoms with Crippen molar-refractivity contribution in [2.45, 2.75) is 18.9 Å². The van der Waals surface area contributed by atoms with E-state index >= 15 is 0 Å². The molecule has 0 radical (unpaired) electrons. The molecule has 0 N–H and O–H groups in total. The molecule has 2 atom stereocenters. The molecular formula is C18H18N2O2S. The number of carbonyl (C=O) groups is 1. The van der Waals surface area contributed by atoms with Gasteiger partial charge in [-0.25, -0.2) is 0 Å². The van der Waals surface area contributed by atoms with E-state index in [2.05, 4.69) is 0 Å². The second-order valence-electron chi connectivity index (χ2n) is 6.29. The summed E-state index contributed by atoms with van der Waals surface area (Å²) in [6, 6.07) is 9.46. The highest BCUT2D eigenvalue weighted by Crippen LogP contribution is 2.35. The Hall–Kier alpha value is -2.14. The average molecular weight is 326 g/mol. The molecule has 1 saturated heterocycles. The predicted octanol–water partition coefficient (Wildman–Crippen LogP) is 2.57. The number of nitrogens with zero attached hydrogens (tertiary/aromatic N) is 2. The van der Waals surface area contributed by atoms with Crippen molar-refractivity contribution in [2.75, 3.05) is 13.1 Å². The summed E-state index contributed by atoms with van der Waals surface area (Å²) >= 11 is 1.63. The molecule has 0 aliphatic carbocycles. The first kappa shape index (κ1) is 14.5. The van der Waals surface area contributed by atoms with Crippen LogP contribution in [0.15, 0.2) is 46.6 Å². The van der Waals surface area contributed by atoms with Gasteiger partial charge in [-0.2, -0.15) is 0 Å². The van der Waals surface area contributed by atoms with Crippen LogP contribution in [0.25, 0.3) is 6.08 Å². The Labute approximate surface area is 138 Å². The number of pyridine rings is 1. The highest BCUT2D eigenvalue weighted by molar-refractivity contribution is 7.10. The van der Waals surface area contributed by atoms with Gasteiger partial charge in [0, 0.05) is 48.3 Å². The van der Waals surface area contributed by atoms with Gasteiger partial charge in [-0.15, -0.1) is 11.3 Å². The second-order valence-corrected chi connectivity index (χ2v) is 7.27. The van der Waals surface area contributed by atoms with Gasteiger partial charge in [0.05, 0.1) is 0 Å². The molecule has 4 heterocycles. The lowest BCUT2D eigenvalue weighted by atomic mass is 9.83. The van der Waals surface area contributed by atoms with E-state index < -0.39 is 0 Å². The first-order valence-electron chi connectivity index (χ1n) is 7.91. The summed E-state index contributed by atoms with van der Waals surface area (Å²) in [6.45, 7) is 2.17.